The summed E-state index contributed by atoms with van der Waals surface area (Å²) < 4.78 is 26.2. The van der Waals surface area contributed by atoms with Gasteiger partial charge in [0.1, 0.15) is 6.17 Å². The van der Waals surface area contributed by atoms with E-state index in [-0.39, 0.29) is 11.3 Å². The van der Waals surface area contributed by atoms with Crippen molar-refractivity contribution in [2.24, 2.45) is 17.1 Å². The first kappa shape index (κ1) is 15.9. The van der Waals surface area contributed by atoms with Gasteiger partial charge in [0.2, 0.25) is 5.91 Å². The summed E-state index contributed by atoms with van der Waals surface area (Å²) in [5.74, 6) is -1.59. The molecule has 1 fully saturated rings. The lowest BCUT2D eigenvalue weighted by atomic mass is 9.57. The second-order valence-corrected chi connectivity index (χ2v) is 5.78. The van der Waals surface area contributed by atoms with Gasteiger partial charge in [-0.3, -0.25) is 4.79 Å². The number of nitrogens with two attached hydrogens (primary N) is 1. The van der Waals surface area contributed by atoms with Gasteiger partial charge in [-0.05, 0) is 42.9 Å². The number of hydrogen-bond donors (Lipinski definition) is 2. The smallest absolute Gasteiger partial charge is 0.227 e. The Balaban J connectivity index is 2.09. The van der Waals surface area contributed by atoms with Gasteiger partial charge >= 0.3 is 0 Å². The predicted molar refractivity (Wildman–Crippen MR) is 77.2 cm³/mol. The van der Waals surface area contributed by atoms with Crippen LogP contribution in [0.2, 0.25) is 0 Å². The first-order chi connectivity index (χ1) is 9.94. The number of carbonyl (C=O) groups excluding carboxylic acids is 1. The monoisotopic (exact) mass is 296 g/mol. The van der Waals surface area contributed by atoms with Crippen LogP contribution in [0.15, 0.2) is 18.2 Å². The molecule has 5 heteroatoms. The van der Waals surface area contributed by atoms with E-state index < -0.39 is 17.8 Å². The lowest BCUT2D eigenvalue weighted by Gasteiger charge is -2.48. The topological polar surface area (TPSA) is 55.1 Å². The van der Waals surface area contributed by atoms with E-state index in [1.807, 2.05) is 6.92 Å². The van der Waals surface area contributed by atoms with Crippen LogP contribution >= 0.6 is 0 Å². The number of benzene rings is 1. The zero-order valence-corrected chi connectivity index (χ0v) is 12.5. The molecule has 3 N–H and O–H groups in total. The molecule has 0 saturated heterocycles. The van der Waals surface area contributed by atoms with Crippen molar-refractivity contribution in [3.63, 3.8) is 0 Å². The van der Waals surface area contributed by atoms with Gasteiger partial charge in [0.05, 0.1) is 5.41 Å². The van der Waals surface area contributed by atoms with Gasteiger partial charge in [0, 0.05) is 0 Å². The van der Waals surface area contributed by atoms with E-state index in [0.29, 0.717) is 11.5 Å². The van der Waals surface area contributed by atoms with Gasteiger partial charge in [-0.2, -0.15) is 0 Å². The minimum atomic E-state index is -0.961. The highest BCUT2D eigenvalue weighted by Gasteiger charge is 2.50. The Morgan fingerprint density at radius 3 is 2.62 bits per heavy atom. The Morgan fingerprint density at radius 1 is 1.43 bits per heavy atom. The fraction of sp³-hybridized carbons (Fsp3) is 0.562. The summed E-state index contributed by atoms with van der Waals surface area (Å²) in [6.45, 7) is 4.08. The molecule has 1 aliphatic rings. The largest absolute Gasteiger partial charge is 0.336 e. The van der Waals surface area contributed by atoms with Gasteiger partial charge < -0.3 is 11.1 Å². The van der Waals surface area contributed by atoms with Crippen LogP contribution in [0.3, 0.4) is 0 Å². The van der Waals surface area contributed by atoms with Crippen LogP contribution in [-0.2, 0) is 4.79 Å². The molecular formula is C16H22F2N2O. The first-order valence-electron chi connectivity index (χ1n) is 7.46. The van der Waals surface area contributed by atoms with Crippen molar-refractivity contribution in [3.05, 3.63) is 35.4 Å². The molecule has 1 amide bonds. The average Bonchev–Trinajstić information content (AvgIpc) is 2.42. The molecule has 1 aromatic rings. The highest BCUT2D eigenvalue weighted by molar-refractivity contribution is 5.84. The van der Waals surface area contributed by atoms with Gasteiger partial charge in [0.25, 0.3) is 0 Å². The van der Waals surface area contributed by atoms with Crippen LogP contribution in [0.1, 0.15) is 51.3 Å². The first-order valence-corrected chi connectivity index (χ1v) is 7.46. The maximum Gasteiger partial charge on any atom is 0.227 e. The van der Waals surface area contributed by atoms with Crippen molar-refractivity contribution in [2.45, 2.75) is 45.7 Å². The zero-order valence-electron chi connectivity index (χ0n) is 12.5. The average molecular weight is 296 g/mol. The van der Waals surface area contributed by atoms with Gasteiger partial charge in [-0.15, -0.1) is 0 Å². The molecule has 0 radical (unpaired) electrons. The fourth-order valence-electron chi connectivity index (χ4n) is 3.29. The second-order valence-electron chi connectivity index (χ2n) is 5.78. The summed E-state index contributed by atoms with van der Waals surface area (Å²) in [6.07, 6.45) is 2.81. The summed E-state index contributed by atoms with van der Waals surface area (Å²) in [6, 6.07) is 3.43. The van der Waals surface area contributed by atoms with Crippen LogP contribution in [0, 0.1) is 23.0 Å². The van der Waals surface area contributed by atoms with Gasteiger partial charge in [-0.25, -0.2) is 8.78 Å². The molecule has 116 valence electrons. The highest BCUT2D eigenvalue weighted by atomic mass is 19.2. The molecular weight excluding hydrogens is 274 g/mol. The standard InChI is InChI=1S/C16H22F2N2O/c1-3-11-7-8-16(11,4-2)15(21)20-14(19)10-5-6-12(17)13(18)9-10/h5-6,9,11,14H,3-4,7-8,19H2,1-2H3,(H,20,21). The van der Waals surface area contributed by atoms with Crippen molar-refractivity contribution in [2.75, 3.05) is 0 Å². The van der Waals surface area contributed by atoms with Crippen molar-refractivity contribution in [3.8, 4) is 0 Å². The molecule has 0 aliphatic heterocycles. The van der Waals surface area contributed by atoms with E-state index in [4.69, 9.17) is 5.73 Å². The minimum absolute atomic E-state index is 0.0830. The summed E-state index contributed by atoms with van der Waals surface area (Å²) in [7, 11) is 0. The Bertz CT molecular complexity index is 529. The predicted octanol–water partition coefficient (Wildman–Crippen LogP) is 3.25. The molecule has 0 heterocycles. The molecule has 1 saturated carbocycles. The molecule has 3 atom stereocenters. The van der Waals surface area contributed by atoms with Crippen LogP contribution in [-0.4, -0.2) is 5.91 Å². The number of nitrogens with one attached hydrogen (secondary N) is 1. The summed E-state index contributed by atoms with van der Waals surface area (Å²) in [5, 5.41) is 2.75. The van der Waals surface area contributed by atoms with Crippen molar-refractivity contribution < 1.29 is 13.6 Å². The quantitative estimate of drug-likeness (QED) is 0.819. The van der Waals surface area contributed by atoms with Crippen LogP contribution in [0.4, 0.5) is 8.78 Å². The molecule has 3 unspecified atom stereocenters. The molecule has 1 aliphatic carbocycles. The molecule has 0 spiro atoms. The van der Waals surface area contributed by atoms with E-state index in [1.165, 1.54) is 6.07 Å². The van der Waals surface area contributed by atoms with Crippen molar-refractivity contribution in [1.82, 2.24) is 5.32 Å². The lowest BCUT2D eigenvalue weighted by Crippen LogP contribution is -2.53. The minimum Gasteiger partial charge on any atom is -0.336 e. The van der Waals surface area contributed by atoms with Gasteiger partial charge in [-0.1, -0.05) is 26.3 Å². The Labute approximate surface area is 123 Å². The van der Waals surface area contributed by atoms with Crippen LogP contribution < -0.4 is 11.1 Å². The van der Waals surface area contributed by atoms with E-state index in [9.17, 15) is 13.6 Å². The molecule has 21 heavy (non-hydrogen) atoms. The normalized spacial score (nSPS) is 26.0. The van der Waals surface area contributed by atoms with E-state index in [1.54, 1.807) is 0 Å². The number of amides is 1. The summed E-state index contributed by atoms with van der Waals surface area (Å²) >= 11 is 0. The Morgan fingerprint density at radius 2 is 2.14 bits per heavy atom. The number of hydrogen-bond acceptors (Lipinski definition) is 2. The molecule has 0 bridgehead atoms. The Hall–Kier alpha value is -1.49. The third-order valence-corrected chi connectivity index (χ3v) is 4.89. The number of carbonyl (C=O) groups is 1. The molecule has 2 rings (SSSR count). The maximum atomic E-state index is 13.2. The maximum absolute atomic E-state index is 13.2. The zero-order chi connectivity index (χ0) is 15.6. The molecule has 3 nitrogen and oxygen atoms in total. The Kier molecular flexibility index (Phi) is 4.61. The summed E-state index contributed by atoms with van der Waals surface area (Å²) in [4.78, 5) is 12.5. The van der Waals surface area contributed by atoms with Crippen LogP contribution in [0.5, 0.6) is 0 Å². The fourth-order valence-corrected chi connectivity index (χ4v) is 3.29. The van der Waals surface area contributed by atoms with Crippen LogP contribution in [0.25, 0.3) is 0 Å². The number of rotatable bonds is 5. The lowest BCUT2D eigenvalue weighted by molar-refractivity contribution is -0.143. The SMILES string of the molecule is CCC1CCC1(CC)C(=O)NC(N)c1ccc(F)c(F)c1. The third kappa shape index (κ3) is 2.79. The van der Waals surface area contributed by atoms with E-state index >= 15 is 0 Å². The third-order valence-electron chi connectivity index (χ3n) is 4.89. The highest BCUT2D eigenvalue weighted by Crippen LogP contribution is 2.51. The van der Waals surface area contributed by atoms with Gasteiger partial charge in [0.15, 0.2) is 11.6 Å². The van der Waals surface area contributed by atoms with E-state index in [0.717, 1.165) is 37.8 Å². The van der Waals surface area contributed by atoms with Crippen molar-refractivity contribution >= 4 is 5.91 Å². The second kappa shape index (κ2) is 6.10. The molecule has 1 aromatic carbocycles. The van der Waals surface area contributed by atoms with E-state index in [2.05, 4.69) is 12.2 Å². The summed E-state index contributed by atoms with van der Waals surface area (Å²) in [5.41, 5.74) is 5.92. The van der Waals surface area contributed by atoms with Crippen molar-refractivity contribution in [1.29, 1.82) is 0 Å². The molecule has 0 aromatic heterocycles. The number of halogens is 2.